The predicted molar refractivity (Wildman–Crippen MR) is 126 cm³/mol. The summed E-state index contributed by atoms with van der Waals surface area (Å²) in [6, 6.07) is 4.18. The molecule has 0 aliphatic carbocycles. The zero-order valence-corrected chi connectivity index (χ0v) is 20.5. The monoisotopic (exact) mass is 542 g/mol. The molecule has 3 nitrogen and oxygen atoms in total. The highest BCUT2D eigenvalue weighted by Crippen LogP contribution is 2.30. The first-order chi connectivity index (χ1) is 12.8. The number of benzene rings is 1. The fraction of sp³-hybridized carbons (Fsp3) is 0.455. The van der Waals surface area contributed by atoms with E-state index in [-0.39, 0.29) is 5.91 Å². The Bertz CT molecular complexity index is 824. The number of aromatic nitrogens is 1. The van der Waals surface area contributed by atoms with Crippen molar-refractivity contribution in [2.45, 2.75) is 66.7 Å². The SMILES string of the molecule is CCCCc1c(C)nc(C)c(C(=O)Nc2c(CC)cc(Br)cc2CC)c1I. The summed E-state index contributed by atoms with van der Waals surface area (Å²) in [5.41, 5.74) is 6.98. The molecule has 1 aromatic heterocycles. The number of unbranched alkanes of at least 4 members (excludes halogenated alkanes) is 1. The molecule has 0 fully saturated rings. The molecule has 0 aliphatic heterocycles. The van der Waals surface area contributed by atoms with Crippen molar-refractivity contribution >= 4 is 50.1 Å². The van der Waals surface area contributed by atoms with E-state index in [1.165, 1.54) is 5.56 Å². The van der Waals surface area contributed by atoms with Crippen LogP contribution in [0.3, 0.4) is 0 Å². The molecule has 27 heavy (non-hydrogen) atoms. The molecular weight excluding hydrogens is 515 g/mol. The molecule has 0 aliphatic rings. The van der Waals surface area contributed by atoms with Crippen LogP contribution in [0.1, 0.15) is 72.0 Å². The van der Waals surface area contributed by atoms with Crippen LogP contribution in [0.15, 0.2) is 16.6 Å². The number of rotatable bonds is 7. The van der Waals surface area contributed by atoms with E-state index in [4.69, 9.17) is 0 Å². The number of halogens is 2. The minimum absolute atomic E-state index is 0.0612. The molecule has 5 heteroatoms. The van der Waals surface area contributed by atoms with Gasteiger partial charge in [-0.15, -0.1) is 0 Å². The molecule has 2 rings (SSSR count). The third-order valence-corrected chi connectivity index (χ3v) is 6.54. The topological polar surface area (TPSA) is 42.0 Å². The Morgan fingerprint density at radius 1 is 1.11 bits per heavy atom. The number of pyridine rings is 1. The number of anilines is 1. The minimum Gasteiger partial charge on any atom is -0.321 e. The van der Waals surface area contributed by atoms with Crippen molar-refractivity contribution in [1.29, 1.82) is 0 Å². The van der Waals surface area contributed by atoms with Crippen molar-refractivity contribution in [2.75, 3.05) is 5.32 Å². The molecule has 1 amide bonds. The van der Waals surface area contributed by atoms with Crippen molar-refractivity contribution in [2.24, 2.45) is 0 Å². The fourth-order valence-corrected chi connectivity index (χ4v) is 5.22. The summed E-state index contributed by atoms with van der Waals surface area (Å²) in [4.78, 5) is 17.9. The lowest BCUT2D eigenvalue weighted by Gasteiger charge is -2.18. The first-order valence-electron chi connectivity index (χ1n) is 9.62. The summed E-state index contributed by atoms with van der Waals surface area (Å²) >= 11 is 5.90. The van der Waals surface area contributed by atoms with Crippen molar-refractivity contribution in [3.8, 4) is 0 Å². The van der Waals surface area contributed by atoms with Crippen LogP contribution in [0, 0.1) is 17.4 Å². The van der Waals surface area contributed by atoms with Crippen LogP contribution in [0.5, 0.6) is 0 Å². The van der Waals surface area contributed by atoms with Gasteiger partial charge in [-0.05, 0) is 90.9 Å². The summed E-state index contributed by atoms with van der Waals surface area (Å²) in [6.07, 6.45) is 4.93. The molecule has 0 unspecified atom stereocenters. The number of carbonyl (C=O) groups is 1. The second-order valence-electron chi connectivity index (χ2n) is 6.81. The Morgan fingerprint density at radius 3 is 2.22 bits per heavy atom. The highest BCUT2D eigenvalue weighted by atomic mass is 127. The molecule has 0 bridgehead atoms. The quantitative estimate of drug-likeness (QED) is 0.391. The summed E-state index contributed by atoms with van der Waals surface area (Å²) in [6.45, 7) is 10.4. The maximum Gasteiger partial charge on any atom is 0.258 e. The highest BCUT2D eigenvalue weighted by Gasteiger charge is 2.21. The largest absolute Gasteiger partial charge is 0.321 e. The molecule has 146 valence electrons. The van der Waals surface area contributed by atoms with Gasteiger partial charge in [-0.3, -0.25) is 9.78 Å². The minimum atomic E-state index is -0.0612. The van der Waals surface area contributed by atoms with E-state index in [1.54, 1.807) is 0 Å². The Hall–Kier alpha value is -0.950. The first-order valence-corrected chi connectivity index (χ1v) is 11.5. The molecule has 0 radical (unpaired) electrons. The standard InChI is InChI=1S/C22H28BrIN2O/c1-6-9-10-18-13(4)25-14(5)19(20(18)24)22(27)26-21-15(7-2)11-17(23)12-16(21)8-3/h11-12H,6-10H2,1-5H3,(H,26,27). The Balaban J connectivity index is 2.48. The predicted octanol–water partition coefficient (Wildman–Crippen LogP) is 6.79. The van der Waals surface area contributed by atoms with Crippen LogP contribution in [0.4, 0.5) is 5.69 Å². The smallest absolute Gasteiger partial charge is 0.258 e. The second-order valence-corrected chi connectivity index (χ2v) is 8.81. The van der Waals surface area contributed by atoms with Gasteiger partial charge in [-0.1, -0.05) is 43.1 Å². The van der Waals surface area contributed by atoms with Crippen LogP contribution in [-0.4, -0.2) is 10.9 Å². The van der Waals surface area contributed by atoms with Crippen LogP contribution in [0.25, 0.3) is 0 Å². The van der Waals surface area contributed by atoms with Gasteiger partial charge < -0.3 is 5.32 Å². The van der Waals surface area contributed by atoms with Gasteiger partial charge in [0.15, 0.2) is 0 Å². The summed E-state index contributed by atoms with van der Waals surface area (Å²) in [5.74, 6) is -0.0612. The second kappa shape index (κ2) is 10.0. The number of hydrogen-bond donors (Lipinski definition) is 1. The maximum atomic E-state index is 13.2. The normalized spacial score (nSPS) is 10.9. The van der Waals surface area contributed by atoms with E-state index in [2.05, 4.69) is 81.7 Å². The lowest BCUT2D eigenvalue weighted by molar-refractivity contribution is 0.102. The molecule has 1 N–H and O–H groups in total. The van der Waals surface area contributed by atoms with Crippen LogP contribution in [0.2, 0.25) is 0 Å². The molecule has 1 aromatic carbocycles. The summed E-state index contributed by atoms with van der Waals surface area (Å²) in [7, 11) is 0. The third-order valence-electron chi connectivity index (χ3n) is 4.89. The lowest BCUT2D eigenvalue weighted by atomic mass is 10.0. The number of carbonyl (C=O) groups excluding carboxylic acids is 1. The van der Waals surface area contributed by atoms with E-state index < -0.39 is 0 Å². The Morgan fingerprint density at radius 2 is 1.70 bits per heavy atom. The van der Waals surface area contributed by atoms with Crippen LogP contribution >= 0.6 is 38.5 Å². The molecule has 0 saturated heterocycles. The first kappa shape index (κ1) is 22.3. The van der Waals surface area contributed by atoms with Crippen molar-refractivity contribution in [3.05, 3.63) is 53.8 Å². The fourth-order valence-electron chi connectivity index (χ4n) is 3.37. The lowest BCUT2D eigenvalue weighted by Crippen LogP contribution is -2.20. The van der Waals surface area contributed by atoms with Crippen molar-refractivity contribution < 1.29 is 4.79 Å². The summed E-state index contributed by atoms with van der Waals surface area (Å²) in [5, 5.41) is 3.20. The molecule has 0 saturated carbocycles. The van der Waals surface area contributed by atoms with E-state index in [0.717, 1.165) is 68.3 Å². The van der Waals surface area contributed by atoms with E-state index in [0.29, 0.717) is 5.56 Å². The van der Waals surface area contributed by atoms with E-state index in [1.807, 2.05) is 13.8 Å². The number of nitrogens with zero attached hydrogens (tertiary/aromatic N) is 1. The van der Waals surface area contributed by atoms with Gasteiger partial charge in [-0.25, -0.2) is 0 Å². The van der Waals surface area contributed by atoms with Crippen molar-refractivity contribution in [3.63, 3.8) is 0 Å². The zero-order chi connectivity index (χ0) is 20.1. The number of nitrogens with one attached hydrogen (secondary N) is 1. The number of aryl methyl sites for hydroxylation is 4. The Labute approximate surface area is 185 Å². The third kappa shape index (κ3) is 5.11. The zero-order valence-electron chi connectivity index (χ0n) is 16.8. The van der Waals surface area contributed by atoms with Gasteiger partial charge >= 0.3 is 0 Å². The highest BCUT2D eigenvalue weighted by molar-refractivity contribution is 14.1. The molecule has 0 spiro atoms. The van der Waals surface area contributed by atoms with Crippen LogP contribution in [-0.2, 0) is 19.3 Å². The van der Waals surface area contributed by atoms with Gasteiger partial charge in [0, 0.05) is 19.4 Å². The average Bonchev–Trinajstić information content (AvgIpc) is 2.62. The van der Waals surface area contributed by atoms with Gasteiger partial charge in [0.1, 0.15) is 0 Å². The average molecular weight is 543 g/mol. The van der Waals surface area contributed by atoms with Gasteiger partial charge in [0.05, 0.1) is 11.3 Å². The van der Waals surface area contributed by atoms with Gasteiger partial charge in [-0.2, -0.15) is 0 Å². The molecular formula is C22H28BrIN2O. The van der Waals surface area contributed by atoms with Crippen LogP contribution < -0.4 is 5.32 Å². The maximum absolute atomic E-state index is 13.2. The number of amides is 1. The molecule has 1 heterocycles. The van der Waals surface area contributed by atoms with Gasteiger partial charge in [0.2, 0.25) is 0 Å². The summed E-state index contributed by atoms with van der Waals surface area (Å²) < 4.78 is 2.09. The Kier molecular flexibility index (Phi) is 8.28. The van der Waals surface area contributed by atoms with Crippen molar-refractivity contribution in [1.82, 2.24) is 4.98 Å². The number of hydrogen-bond acceptors (Lipinski definition) is 2. The van der Waals surface area contributed by atoms with E-state index >= 15 is 0 Å². The van der Waals surface area contributed by atoms with E-state index in [9.17, 15) is 4.79 Å². The molecule has 0 atom stereocenters. The van der Waals surface area contributed by atoms with Gasteiger partial charge in [0.25, 0.3) is 5.91 Å². The molecule has 2 aromatic rings.